The number of hydrogen-bond acceptors (Lipinski definition) is 14. The van der Waals surface area contributed by atoms with Crippen molar-refractivity contribution in [1.29, 1.82) is 0 Å². The molecule has 1 aromatic rings. The lowest BCUT2D eigenvalue weighted by Gasteiger charge is -2.18. The summed E-state index contributed by atoms with van der Waals surface area (Å²) in [5.41, 5.74) is -0.738. The van der Waals surface area contributed by atoms with Gasteiger partial charge in [-0.1, -0.05) is 0 Å². The second-order valence-corrected chi connectivity index (χ2v) is 9.30. The molecule has 2 amide bonds. The SMILES string of the molecule is NO.O=CCCC(=O)NC(C(=O)NCC(=O)O)S(=O)(=O)CCNc1ccn(C2COC(CO)O2)c(=O)n1. The Bertz CT molecular complexity index is 1090. The zero-order valence-corrected chi connectivity index (χ0v) is 20.1. The molecule has 0 radical (unpaired) electrons. The fraction of sp³-hybridized carbons (Fsp3) is 0.556. The maximum atomic E-state index is 12.7. The number of ether oxygens (including phenoxy) is 2. The normalized spacial score (nSPS) is 17.6. The van der Waals surface area contributed by atoms with Gasteiger partial charge in [0.15, 0.2) is 22.4 Å². The molecule has 0 bridgehead atoms. The van der Waals surface area contributed by atoms with Crippen LogP contribution in [-0.4, -0.2) is 101 Å². The topological polar surface area (TPSA) is 279 Å². The summed E-state index contributed by atoms with van der Waals surface area (Å²) in [6, 6.07) is 1.36. The Kier molecular flexibility index (Phi) is 13.3. The van der Waals surface area contributed by atoms with Gasteiger partial charge in [0, 0.05) is 25.6 Å². The predicted octanol–water partition coefficient (Wildman–Crippen LogP) is -4.11. The van der Waals surface area contributed by atoms with Crippen LogP contribution in [0.15, 0.2) is 17.1 Å². The molecule has 2 rings (SSSR count). The fourth-order valence-corrected chi connectivity index (χ4v) is 4.18. The molecule has 208 valence electrons. The molecule has 1 aliphatic heterocycles. The number of nitrogens with zero attached hydrogens (tertiary/aromatic N) is 2. The highest BCUT2D eigenvalue weighted by molar-refractivity contribution is 7.92. The van der Waals surface area contributed by atoms with Gasteiger partial charge in [-0.3, -0.25) is 19.0 Å². The van der Waals surface area contributed by atoms with Crippen molar-refractivity contribution >= 4 is 39.7 Å². The molecule has 3 atom stereocenters. The van der Waals surface area contributed by atoms with E-state index in [4.69, 9.17) is 24.9 Å². The number of aromatic nitrogens is 2. The zero-order valence-electron chi connectivity index (χ0n) is 19.3. The molecule has 0 saturated carbocycles. The maximum Gasteiger partial charge on any atom is 0.351 e. The first-order valence-electron chi connectivity index (χ1n) is 10.5. The molecule has 0 spiro atoms. The van der Waals surface area contributed by atoms with Crippen molar-refractivity contribution < 1.29 is 52.5 Å². The molecule has 0 aliphatic carbocycles. The number of carboxylic acid groups (broad SMARTS) is 1. The number of carboxylic acids is 1. The van der Waals surface area contributed by atoms with Crippen molar-refractivity contribution in [3.63, 3.8) is 0 Å². The van der Waals surface area contributed by atoms with Crippen LogP contribution in [0.1, 0.15) is 19.1 Å². The standard InChI is InChI=1S/C18H25N5O11S.H3NO/c24-6-1-2-12(26)22-17(16(29)20-8-14(27)28)35(31,32)7-4-19-11-3-5-23(18(30)21-11)13-10-33-15(9-25)34-13;1-2/h3,5-6,13,15,17,25H,1-2,4,7-10H2,(H,20,29)(H,22,26)(H,27,28)(H,19,21,30);2H,1H2. The summed E-state index contributed by atoms with van der Waals surface area (Å²) in [7, 11) is -4.36. The number of nitrogens with two attached hydrogens (primary N) is 1. The highest BCUT2D eigenvalue weighted by Gasteiger charge is 2.34. The summed E-state index contributed by atoms with van der Waals surface area (Å²) in [5.74, 6) is -0.760. The van der Waals surface area contributed by atoms with Crippen LogP contribution in [0.25, 0.3) is 0 Å². The van der Waals surface area contributed by atoms with Crippen LogP contribution in [-0.2, 0) is 38.5 Å². The minimum atomic E-state index is -4.36. The number of anilines is 1. The summed E-state index contributed by atoms with van der Waals surface area (Å²) < 4.78 is 37.0. The van der Waals surface area contributed by atoms with E-state index in [1.54, 1.807) is 0 Å². The number of carbonyl (C=O) groups is 4. The number of nitrogens with one attached hydrogen (secondary N) is 3. The zero-order chi connectivity index (χ0) is 28.0. The molecular formula is C18H28N6O12S. The number of aliphatic hydroxyl groups excluding tert-OH is 1. The summed E-state index contributed by atoms with van der Waals surface area (Å²) in [5, 5.41) is 28.6. The first-order chi connectivity index (χ1) is 17.6. The number of sulfone groups is 1. The van der Waals surface area contributed by atoms with Gasteiger partial charge in [-0.25, -0.2) is 19.1 Å². The average molecular weight is 553 g/mol. The number of amides is 2. The van der Waals surface area contributed by atoms with E-state index < -0.39 is 63.5 Å². The molecule has 8 N–H and O–H groups in total. The van der Waals surface area contributed by atoms with Crippen molar-refractivity contribution in [2.24, 2.45) is 5.90 Å². The Labute approximate surface area is 209 Å². The minimum absolute atomic E-state index is 0.0148. The Balaban J connectivity index is 0.00000334. The average Bonchev–Trinajstić information content (AvgIpc) is 3.34. The lowest BCUT2D eigenvalue weighted by molar-refractivity contribution is -0.138. The maximum absolute atomic E-state index is 12.7. The van der Waals surface area contributed by atoms with Crippen LogP contribution in [0.2, 0.25) is 0 Å². The van der Waals surface area contributed by atoms with Crippen LogP contribution < -0.4 is 27.5 Å². The first kappa shape index (κ1) is 31.5. The quantitative estimate of drug-likeness (QED) is 0.0852. The van der Waals surface area contributed by atoms with Gasteiger partial charge in [0.05, 0.1) is 19.0 Å². The third-order valence-electron chi connectivity index (χ3n) is 4.51. The van der Waals surface area contributed by atoms with Gasteiger partial charge in [-0.05, 0) is 6.07 Å². The van der Waals surface area contributed by atoms with E-state index in [9.17, 15) is 32.4 Å². The largest absolute Gasteiger partial charge is 0.480 e. The molecule has 1 saturated heterocycles. The van der Waals surface area contributed by atoms with Gasteiger partial charge in [0.1, 0.15) is 18.6 Å². The molecule has 1 fully saturated rings. The fourth-order valence-electron chi connectivity index (χ4n) is 2.84. The van der Waals surface area contributed by atoms with Crippen LogP contribution >= 0.6 is 0 Å². The summed E-state index contributed by atoms with van der Waals surface area (Å²) in [4.78, 5) is 61.2. The Morgan fingerprint density at radius 2 is 2.03 bits per heavy atom. The molecule has 2 heterocycles. The molecule has 3 unspecified atom stereocenters. The number of aldehydes is 1. The molecule has 1 aliphatic rings. The molecule has 0 aromatic carbocycles. The summed E-state index contributed by atoms with van der Waals surface area (Å²) in [6.07, 6.45) is -0.462. The van der Waals surface area contributed by atoms with Gasteiger partial charge >= 0.3 is 11.7 Å². The van der Waals surface area contributed by atoms with Crippen molar-refractivity contribution in [2.45, 2.75) is 30.7 Å². The number of hydrogen-bond donors (Lipinski definition) is 7. The predicted molar refractivity (Wildman–Crippen MR) is 122 cm³/mol. The lowest BCUT2D eigenvalue weighted by atomic mass is 10.3. The van der Waals surface area contributed by atoms with E-state index in [-0.39, 0.29) is 38.4 Å². The van der Waals surface area contributed by atoms with Crippen LogP contribution in [0.4, 0.5) is 5.82 Å². The Hall–Kier alpha value is -3.49. The third-order valence-corrected chi connectivity index (χ3v) is 6.33. The molecule has 19 heteroatoms. The second kappa shape index (κ2) is 15.6. The molecule has 37 heavy (non-hydrogen) atoms. The van der Waals surface area contributed by atoms with E-state index in [0.29, 0.717) is 6.29 Å². The van der Waals surface area contributed by atoms with Crippen LogP contribution in [0, 0.1) is 0 Å². The Morgan fingerprint density at radius 3 is 2.59 bits per heavy atom. The van der Waals surface area contributed by atoms with Crippen LogP contribution in [0.3, 0.4) is 0 Å². The van der Waals surface area contributed by atoms with E-state index >= 15 is 0 Å². The number of carbonyl (C=O) groups excluding carboxylic acids is 3. The van der Waals surface area contributed by atoms with Gasteiger partial charge in [-0.2, -0.15) is 4.98 Å². The van der Waals surface area contributed by atoms with Gasteiger partial charge < -0.3 is 45.6 Å². The number of aliphatic carboxylic acids is 1. The van der Waals surface area contributed by atoms with Crippen LogP contribution in [0.5, 0.6) is 0 Å². The van der Waals surface area contributed by atoms with E-state index in [2.05, 4.69) is 16.2 Å². The summed E-state index contributed by atoms with van der Waals surface area (Å²) >= 11 is 0. The first-order valence-corrected chi connectivity index (χ1v) is 12.2. The Morgan fingerprint density at radius 1 is 1.32 bits per heavy atom. The minimum Gasteiger partial charge on any atom is -0.480 e. The highest BCUT2D eigenvalue weighted by atomic mass is 32.2. The molecular weight excluding hydrogens is 524 g/mol. The smallest absolute Gasteiger partial charge is 0.351 e. The number of aliphatic hydroxyl groups is 1. The van der Waals surface area contributed by atoms with E-state index in [0.717, 1.165) is 4.57 Å². The van der Waals surface area contributed by atoms with Crippen molar-refractivity contribution in [3.8, 4) is 0 Å². The number of rotatable bonds is 14. The van der Waals surface area contributed by atoms with E-state index in [1.165, 1.54) is 12.3 Å². The van der Waals surface area contributed by atoms with Crippen molar-refractivity contribution in [2.75, 3.05) is 37.4 Å². The van der Waals surface area contributed by atoms with Gasteiger partial charge in [0.2, 0.25) is 11.3 Å². The van der Waals surface area contributed by atoms with E-state index in [1.807, 2.05) is 10.6 Å². The van der Waals surface area contributed by atoms with Gasteiger partial charge in [0.25, 0.3) is 5.91 Å². The highest BCUT2D eigenvalue weighted by Crippen LogP contribution is 2.19. The summed E-state index contributed by atoms with van der Waals surface area (Å²) in [6.45, 7) is -1.56. The second-order valence-electron chi connectivity index (χ2n) is 7.10. The van der Waals surface area contributed by atoms with Gasteiger partial charge in [-0.15, -0.1) is 0 Å². The molecule has 18 nitrogen and oxygen atoms in total. The third kappa shape index (κ3) is 10.2. The monoisotopic (exact) mass is 552 g/mol. The molecule has 1 aromatic heterocycles. The van der Waals surface area contributed by atoms with Crippen molar-refractivity contribution in [3.05, 3.63) is 22.7 Å². The van der Waals surface area contributed by atoms with Crippen molar-refractivity contribution in [1.82, 2.24) is 20.2 Å². The lowest BCUT2D eigenvalue weighted by Crippen LogP contribution is -2.53.